The van der Waals surface area contributed by atoms with Gasteiger partial charge in [-0.15, -0.1) is 0 Å². The molecule has 4 rings (SSSR count). The Morgan fingerprint density at radius 3 is 2.67 bits per heavy atom. The van der Waals surface area contributed by atoms with E-state index in [1.165, 1.54) is 0 Å². The van der Waals surface area contributed by atoms with Crippen molar-refractivity contribution >= 4 is 16.8 Å². The van der Waals surface area contributed by atoms with Gasteiger partial charge in [0.25, 0.3) is 0 Å². The van der Waals surface area contributed by atoms with Gasteiger partial charge in [-0.05, 0) is 12.1 Å². The minimum atomic E-state index is -0.00905. The molecule has 138 valence electrons. The van der Waals surface area contributed by atoms with Crippen LogP contribution in [0.25, 0.3) is 22.2 Å². The van der Waals surface area contributed by atoms with Gasteiger partial charge >= 0.3 is 0 Å². The van der Waals surface area contributed by atoms with Crippen LogP contribution in [0.1, 0.15) is 13.3 Å². The number of amides is 1. The van der Waals surface area contributed by atoms with E-state index in [9.17, 15) is 4.79 Å². The van der Waals surface area contributed by atoms with Crippen molar-refractivity contribution < 1.29 is 14.3 Å². The normalized spacial score (nSPS) is 16.5. The average molecular weight is 362 g/mol. The van der Waals surface area contributed by atoms with Gasteiger partial charge in [0, 0.05) is 43.0 Å². The molecular weight excluding hydrogens is 340 g/mol. The van der Waals surface area contributed by atoms with Crippen LogP contribution < -0.4 is 9.47 Å². The molecule has 0 N–H and O–H groups in total. The fraction of sp³-hybridized carbons (Fsp3) is 0.273. The number of benzene rings is 2. The van der Waals surface area contributed by atoms with E-state index in [0.29, 0.717) is 6.54 Å². The molecule has 0 spiro atoms. The van der Waals surface area contributed by atoms with E-state index in [0.717, 1.165) is 46.6 Å². The molecule has 1 aliphatic heterocycles. The number of nitrogens with zero attached hydrogens (tertiary/aromatic N) is 2. The summed E-state index contributed by atoms with van der Waals surface area (Å²) >= 11 is 0. The Bertz CT molecular complexity index is 972. The molecule has 1 saturated heterocycles. The number of likely N-dealkylation sites (tertiary alicyclic amines) is 1. The molecule has 0 bridgehead atoms. The number of carbonyl (C=O) groups excluding carboxylic acids is 1. The molecule has 1 amide bonds. The van der Waals surface area contributed by atoms with Gasteiger partial charge in [0.2, 0.25) is 5.91 Å². The van der Waals surface area contributed by atoms with E-state index in [1.807, 2.05) is 59.5 Å². The quantitative estimate of drug-likeness (QED) is 0.706. The molecule has 2 aromatic carbocycles. The largest absolute Gasteiger partial charge is 0.497 e. The molecule has 5 heteroatoms. The van der Waals surface area contributed by atoms with Crippen LogP contribution >= 0.6 is 0 Å². The summed E-state index contributed by atoms with van der Waals surface area (Å²) in [7, 11) is 1.65. The second kappa shape index (κ2) is 7.27. The highest BCUT2D eigenvalue weighted by Crippen LogP contribution is 2.33. The van der Waals surface area contributed by atoms with Crippen molar-refractivity contribution in [2.24, 2.45) is 0 Å². The van der Waals surface area contributed by atoms with Crippen molar-refractivity contribution in [3.05, 3.63) is 54.6 Å². The SMILES string of the molecule is COc1ccc2c(OC3CCN(C(C)=O)C3)cc(-c3ccccc3)nc2c1. The van der Waals surface area contributed by atoms with E-state index in [-0.39, 0.29) is 12.0 Å². The number of rotatable bonds is 4. The van der Waals surface area contributed by atoms with E-state index in [1.54, 1.807) is 14.0 Å². The molecule has 3 aromatic rings. The first kappa shape index (κ1) is 17.3. The molecule has 1 fully saturated rings. The summed E-state index contributed by atoms with van der Waals surface area (Å²) in [4.78, 5) is 18.2. The van der Waals surface area contributed by atoms with Crippen molar-refractivity contribution in [2.75, 3.05) is 20.2 Å². The van der Waals surface area contributed by atoms with Crippen LogP contribution in [0.3, 0.4) is 0 Å². The first-order chi connectivity index (χ1) is 13.1. The van der Waals surface area contributed by atoms with Crippen molar-refractivity contribution in [1.82, 2.24) is 9.88 Å². The topological polar surface area (TPSA) is 51.7 Å². The third-order valence-corrected chi connectivity index (χ3v) is 4.93. The molecule has 1 atom stereocenters. The second-order valence-corrected chi connectivity index (χ2v) is 6.75. The molecule has 5 nitrogen and oxygen atoms in total. The molecule has 0 saturated carbocycles. The molecule has 1 aromatic heterocycles. The van der Waals surface area contributed by atoms with Gasteiger partial charge < -0.3 is 14.4 Å². The number of hydrogen-bond acceptors (Lipinski definition) is 4. The van der Waals surface area contributed by atoms with Crippen molar-refractivity contribution in [1.29, 1.82) is 0 Å². The molecule has 0 radical (unpaired) electrons. The Morgan fingerprint density at radius 2 is 1.96 bits per heavy atom. The summed E-state index contributed by atoms with van der Waals surface area (Å²) in [6, 6.07) is 17.8. The van der Waals surface area contributed by atoms with E-state index in [4.69, 9.17) is 14.5 Å². The highest BCUT2D eigenvalue weighted by atomic mass is 16.5. The minimum absolute atomic E-state index is 0.00905. The van der Waals surface area contributed by atoms with Crippen LogP contribution in [0.4, 0.5) is 0 Å². The van der Waals surface area contributed by atoms with Crippen molar-refractivity contribution in [3.63, 3.8) is 0 Å². The van der Waals surface area contributed by atoms with Crippen LogP contribution in [0.15, 0.2) is 54.6 Å². The van der Waals surface area contributed by atoms with Gasteiger partial charge in [-0.1, -0.05) is 30.3 Å². The molecule has 27 heavy (non-hydrogen) atoms. The number of aromatic nitrogens is 1. The van der Waals surface area contributed by atoms with E-state index < -0.39 is 0 Å². The fourth-order valence-corrected chi connectivity index (χ4v) is 3.45. The lowest BCUT2D eigenvalue weighted by Gasteiger charge is -2.18. The summed E-state index contributed by atoms with van der Waals surface area (Å²) in [6.45, 7) is 2.96. The Labute approximate surface area is 158 Å². The van der Waals surface area contributed by atoms with Gasteiger partial charge in [0.05, 0.1) is 24.9 Å². The zero-order chi connectivity index (χ0) is 18.8. The lowest BCUT2D eigenvalue weighted by molar-refractivity contribution is -0.128. The maximum absolute atomic E-state index is 11.6. The summed E-state index contributed by atoms with van der Waals surface area (Å²) in [6.07, 6.45) is 0.825. The Morgan fingerprint density at radius 1 is 1.15 bits per heavy atom. The van der Waals surface area contributed by atoms with Crippen molar-refractivity contribution in [3.8, 4) is 22.8 Å². The standard InChI is InChI=1S/C22H22N2O3/c1-15(25)24-11-10-18(14-24)27-22-13-20(16-6-4-3-5-7-16)23-21-12-17(26-2)8-9-19(21)22/h3-9,12-13,18H,10-11,14H2,1-2H3. The van der Waals surface area contributed by atoms with E-state index in [2.05, 4.69) is 0 Å². The zero-order valence-corrected chi connectivity index (χ0v) is 15.5. The summed E-state index contributed by atoms with van der Waals surface area (Å²) < 4.78 is 11.7. The lowest BCUT2D eigenvalue weighted by atomic mass is 10.1. The number of ether oxygens (including phenoxy) is 2. The predicted molar refractivity (Wildman–Crippen MR) is 105 cm³/mol. The molecular formula is C22H22N2O3. The number of pyridine rings is 1. The van der Waals surface area contributed by atoms with Crippen molar-refractivity contribution in [2.45, 2.75) is 19.4 Å². The number of methoxy groups -OCH3 is 1. The highest BCUT2D eigenvalue weighted by molar-refractivity contribution is 5.89. The van der Waals surface area contributed by atoms with E-state index >= 15 is 0 Å². The summed E-state index contributed by atoms with van der Waals surface area (Å²) in [5.74, 6) is 1.64. The third-order valence-electron chi connectivity index (χ3n) is 4.93. The van der Waals surface area contributed by atoms with Crippen LogP contribution in [0, 0.1) is 0 Å². The molecule has 1 aliphatic rings. The van der Waals surface area contributed by atoms with Crippen LogP contribution in [0.2, 0.25) is 0 Å². The summed E-state index contributed by atoms with van der Waals surface area (Å²) in [5, 5.41) is 0.941. The highest BCUT2D eigenvalue weighted by Gasteiger charge is 2.26. The van der Waals surface area contributed by atoms with Crippen LogP contribution in [0.5, 0.6) is 11.5 Å². The number of hydrogen-bond donors (Lipinski definition) is 0. The maximum Gasteiger partial charge on any atom is 0.219 e. The lowest BCUT2D eigenvalue weighted by Crippen LogP contribution is -2.28. The molecule has 1 unspecified atom stereocenters. The Hall–Kier alpha value is -3.08. The van der Waals surface area contributed by atoms with Gasteiger partial charge in [-0.2, -0.15) is 0 Å². The smallest absolute Gasteiger partial charge is 0.219 e. The predicted octanol–water partition coefficient (Wildman–Crippen LogP) is 3.91. The number of fused-ring (bicyclic) bond motifs is 1. The van der Waals surface area contributed by atoms with Crippen LogP contribution in [-0.4, -0.2) is 42.1 Å². The Kier molecular flexibility index (Phi) is 4.67. The van der Waals surface area contributed by atoms with Crippen LogP contribution in [-0.2, 0) is 4.79 Å². The van der Waals surface area contributed by atoms with Gasteiger partial charge in [0.1, 0.15) is 17.6 Å². The van der Waals surface area contributed by atoms with Gasteiger partial charge in [0.15, 0.2) is 0 Å². The summed E-state index contributed by atoms with van der Waals surface area (Å²) in [5.41, 5.74) is 2.71. The minimum Gasteiger partial charge on any atom is -0.497 e. The molecule has 0 aliphatic carbocycles. The zero-order valence-electron chi connectivity index (χ0n) is 15.5. The average Bonchev–Trinajstić information content (AvgIpc) is 3.17. The second-order valence-electron chi connectivity index (χ2n) is 6.75. The number of carbonyl (C=O) groups is 1. The van der Waals surface area contributed by atoms with Gasteiger partial charge in [-0.25, -0.2) is 4.98 Å². The third kappa shape index (κ3) is 3.58. The fourth-order valence-electron chi connectivity index (χ4n) is 3.45. The van der Waals surface area contributed by atoms with Gasteiger partial charge in [-0.3, -0.25) is 4.79 Å². The Balaban J connectivity index is 1.74. The maximum atomic E-state index is 11.6. The molecule has 2 heterocycles. The first-order valence-electron chi connectivity index (χ1n) is 9.10. The monoisotopic (exact) mass is 362 g/mol. The first-order valence-corrected chi connectivity index (χ1v) is 9.10.